The minimum absolute atomic E-state index is 0.0343. The molecule has 0 saturated carbocycles. The Balaban J connectivity index is 2.04. The fourth-order valence-electron chi connectivity index (χ4n) is 2.68. The molecule has 26 heavy (non-hydrogen) atoms. The van der Waals surface area contributed by atoms with Crippen molar-refractivity contribution in [3.8, 4) is 5.69 Å². The Kier molecular flexibility index (Phi) is 5.66. The number of rotatable bonds is 6. The third-order valence-corrected chi connectivity index (χ3v) is 6.87. The summed E-state index contributed by atoms with van der Waals surface area (Å²) in [4.78, 5) is 11.4. The third kappa shape index (κ3) is 3.93. The molecule has 2 aromatic rings. The first-order chi connectivity index (χ1) is 12.4. The zero-order chi connectivity index (χ0) is 18.7. The highest BCUT2D eigenvalue weighted by Gasteiger charge is 2.27. The van der Waals surface area contributed by atoms with Crippen LogP contribution in [-0.4, -0.2) is 69.9 Å². The molecule has 0 spiro atoms. The van der Waals surface area contributed by atoms with Gasteiger partial charge in [-0.05, 0) is 30.2 Å². The molecule has 1 saturated heterocycles. The van der Waals surface area contributed by atoms with Gasteiger partial charge in [-0.1, -0.05) is 0 Å². The fraction of sp³-hybridized carbons (Fsp3) is 0.375. The van der Waals surface area contributed by atoms with E-state index in [2.05, 4.69) is 5.10 Å². The van der Waals surface area contributed by atoms with Crippen molar-refractivity contribution in [3.63, 3.8) is 0 Å². The predicted molar refractivity (Wildman–Crippen MR) is 97.4 cm³/mol. The standard InChI is InChI=1S/C16H19N3O5S2/c20-4-1-12-10-17-19(11-12)14-7-13(16(21)22)8-15(9-14)26(23,24)18-2-5-25-6-3-18/h7-11,20H,1-6H2,(H,21,22). The second-order valence-corrected chi connectivity index (χ2v) is 8.97. The smallest absolute Gasteiger partial charge is 0.335 e. The van der Waals surface area contributed by atoms with E-state index in [1.54, 1.807) is 24.2 Å². The molecular weight excluding hydrogens is 378 g/mol. The molecule has 1 aliphatic rings. The van der Waals surface area contributed by atoms with Gasteiger partial charge in [-0.15, -0.1) is 0 Å². The van der Waals surface area contributed by atoms with Crippen molar-refractivity contribution in [1.82, 2.24) is 14.1 Å². The summed E-state index contributed by atoms with van der Waals surface area (Å²) in [5, 5.41) is 22.5. The van der Waals surface area contributed by atoms with Crippen LogP contribution < -0.4 is 0 Å². The SMILES string of the molecule is O=C(O)c1cc(-n2cc(CCO)cn2)cc(S(=O)(=O)N2CCSCC2)c1. The number of benzene rings is 1. The topological polar surface area (TPSA) is 113 Å². The van der Waals surface area contributed by atoms with Crippen molar-refractivity contribution < 1.29 is 23.4 Å². The maximum Gasteiger partial charge on any atom is 0.335 e. The number of aliphatic hydroxyl groups is 1. The van der Waals surface area contributed by atoms with Crippen LogP contribution in [0.2, 0.25) is 0 Å². The third-order valence-electron chi connectivity index (χ3n) is 4.05. The van der Waals surface area contributed by atoms with Crippen LogP contribution in [0, 0.1) is 0 Å². The molecule has 2 heterocycles. The Morgan fingerprint density at radius 2 is 1.96 bits per heavy atom. The summed E-state index contributed by atoms with van der Waals surface area (Å²) in [6.45, 7) is 0.775. The summed E-state index contributed by atoms with van der Waals surface area (Å²) in [6.07, 6.45) is 3.61. The van der Waals surface area contributed by atoms with Crippen LogP contribution in [0.4, 0.5) is 0 Å². The minimum Gasteiger partial charge on any atom is -0.478 e. The van der Waals surface area contributed by atoms with Crippen molar-refractivity contribution in [1.29, 1.82) is 0 Å². The highest BCUT2D eigenvalue weighted by atomic mass is 32.2. The molecule has 3 rings (SSSR count). The van der Waals surface area contributed by atoms with Gasteiger partial charge in [-0.25, -0.2) is 17.9 Å². The minimum atomic E-state index is -3.78. The molecule has 0 bridgehead atoms. The molecule has 1 fully saturated rings. The molecule has 10 heteroatoms. The van der Waals surface area contributed by atoms with Gasteiger partial charge in [0.1, 0.15) is 0 Å². The summed E-state index contributed by atoms with van der Waals surface area (Å²) in [7, 11) is -3.78. The number of carboxylic acids is 1. The van der Waals surface area contributed by atoms with E-state index in [-0.39, 0.29) is 17.1 Å². The normalized spacial score (nSPS) is 15.9. The molecule has 0 radical (unpaired) electrons. The van der Waals surface area contributed by atoms with Crippen molar-refractivity contribution in [2.75, 3.05) is 31.2 Å². The maximum atomic E-state index is 12.9. The lowest BCUT2D eigenvalue weighted by Crippen LogP contribution is -2.38. The first kappa shape index (κ1) is 18.9. The van der Waals surface area contributed by atoms with E-state index in [1.165, 1.54) is 27.2 Å². The monoisotopic (exact) mass is 397 g/mol. The number of sulfonamides is 1. The first-order valence-electron chi connectivity index (χ1n) is 8.03. The Labute approximate surface area is 155 Å². The molecule has 0 aliphatic carbocycles. The fourth-order valence-corrected chi connectivity index (χ4v) is 5.32. The lowest BCUT2D eigenvalue weighted by atomic mass is 10.2. The number of thioether (sulfide) groups is 1. The molecule has 0 amide bonds. The van der Waals surface area contributed by atoms with E-state index < -0.39 is 16.0 Å². The van der Waals surface area contributed by atoms with Crippen LogP contribution in [0.3, 0.4) is 0 Å². The van der Waals surface area contributed by atoms with E-state index >= 15 is 0 Å². The summed E-state index contributed by atoms with van der Waals surface area (Å²) >= 11 is 1.69. The highest BCUT2D eigenvalue weighted by molar-refractivity contribution is 7.99. The summed E-state index contributed by atoms with van der Waals surface area (Å²) in [5.74, 6) is 0.225. The average Bonchev–Trinajstić information content (AvgIpc) is 3.11. The van der Waals surface area contributed by atoms with Gasteiger partial charge >= 0.3 is 5.97 Å². The van der Waals surface area contributed by atoms with Gasteiger partial charge in [0, 0.05) is 37.4 Å². The van der Waals surface area contributed by atoms with E-state index in [0.29, 0.717) is 36.7 Å². The largest absolute Gasteiger partial charge is 0.478 e. The average molecular weight is 397 g/mol. The molecule has 1 aromatic carbocycles. The molecule has 2 N–H and O–H groups in total. The number of nitrogens with zero attached hydrogens (tertiary/aromatic N) is 3. The van der Waals surface area contributed by atoms with Crippen molar-refractivity contribution in [3.05, 3.63) is 41.7 Å². The van der Waals surface area contributed by atoms with Crippen molar-refractivity contribution in [2.45, 2.75) is 11.3 Å². The summed E-state index contributed by atoms with van der Waals surface area (Å²) < 4.78 is 28.6. The molecular formula is C16H19N3O5S2. The van der Waals surface area contributed by atoms with Crippen molar-refractivity contribution in [2.24, 2.45) is 0 Å². The number of aliphatic hydroxyl groups excluding tert-OH is 1. The van der Waals surface area contributed by atoms with Gasteiger partial charge in [0.2, 0.25) is 10.0 Å². The van der Waals surface area contributed by atoms with Gasteiger partial charge in [0.25, 0.3) is 0 Å². The number of hydrogen-bond donors (Lipinski definition) is 2. The van der Waals surface area contributed by atoms with Crippen molar-refractivity contribution >= 4 is 27.8 Å². The highest BCUT2D eigenvalue weighted by Crippen LogP contribution is 2.24. The van der Waals surface area contributed by atoms with Crippen LogP contribution in [0.25, 0.3) is 5.69 Å². The van der Waals surface area contributed by atoms with Crippen LogP contribution in [-0.2, 0) is 16.4 Å². The molecule has 1 aliphatic heterocycles. The Morgan fingerprint density at radius 1 is 1.23 bits per heavy atom. The number of carbonyl (C=O) groups is 1. The number of aromatic carboxylic acids is 1. The second-order valence-electron chi connectivity index (χ2n) is 5.80. The number of hydrogen-bond acceptors (Lipinski definition) is 6. The molecule has 1 aromatic heterocycles. The van der Waals surface area contributed by atoms with E-state index in [0.717, 1.165) is 5.56 Å². The van der Waals surface area contributed by atoms with E-state index in [1.807, 2.05) is 0 Å². The number of carboxylic acid groups (broad SMARTS) is 1. The number of aromatic nitrogens is 2. The van der Waals surface area contributed by atoms with Gasteiger partial charge < -0.3 is 10.2 Å². The summed E-state index contributed by atoms with van der Waals surface area (Å²) in [5.41, 5.74) is 0.997. The Morgan fingerprint density at radius 3 is 2.62 bits per heavy atom. The quantitative estimate of drug-likeness (QED) is 0.743. The van der Waals surface area contributed by atoms with Gasteiger partial charge in [-0.3, -0.25) is 0 Å². The second kappa shape index (κ2) is 7.78. The van der Waals surface area contributed by atoms with Crippen LogP contribution in [0.1, 0.15) is 15.9 Å². The zero-order valence-electron chi connectivity index (χ0n) is 13.9. The molecule has 0 unspecified atom stereocenters. The predicted octanol–water partition coefficient (Wildman–Crippen LogP) is 0.843. The zero-order valence-corrected chi connectivity index (χ0v) is 15.5. The van der Waals surface area contributed by atoms with Gasteiger partial charge in [-0.2, -0.15) is 21.2 Å². The molecule has 8 nitrogen and oxygen atoms in total. The van der Waals surface area contributed by atoms with E-state index in [9.17, 15) is 18.3 Å². The van der Waals surface area contributed by atoms with Crippen LogP contribution in [0.15, 0.2) is 35.5 Å². The summed E-state index contributed by atoms with van der Waals surface area (Å²) in [6, 6.07) is 3.99. The van der Waals surface area contributed by atoms with Crippen LogP contribution >= 0.6 is 11.8 Å². The maximum absolute atomic E-state index is 12.9. The lowest BCUT2D eigenvalue weighted by molar-refractivity contribution is 0.0696. The van der Waals surface area contributed by atoms with Crippen LogP contribution in [0.5, 0.6) is 0 Å². The van der Waals surface area contributed by atoms with Gasteiger partial charge in [0.15, 0.2) is 0 Å². The lowest BCUT2D eigenvalue weighted by Gasteiger charge is -2.26. The Bertz CT molecular complexity index is 904. The Hall–Kier alpha value is -1.88. The first-order valence-corrected chi connectivity index (χ1v) is 10.6. The van der Waals surface area contributed by atoms with E-state index in [4.69, 9.17) is 5.11 Å². The molecule has 140 valence electrons. The van der Waals surface area contributed by atoms with Gasteiger partial charge in [0.05, 0.1) is 22.3 Å². The molecule has 0 atom stereocenters.